The van der Waals surface area contributed by atoms with Crippen LogP contribution in [0.15, 0.2) is 47.4 Å². The lowest BCUT2D eigenvalue weighted by Gasteiger charge is -2.22. The number of carbonyl (C=O) groups excluding carboxylic acids is 1. The number of hydrogen-bond acceptors (Lipinski definition) is 7. The first-order chi connectivity index (χ1) is 18.4. The van der Waals surface area contributed by atoms with Gasteiger partial charge >= 0.3 is 6.18 Å². The second-order valence-corrected chi connectivity index (χ2v) is 12.2. The quantitative estimate of drug-likeness (QED) is 0.323. The zero-order valence-corrected chi connectivity index (χ0v) is 23.2. The van der Waals surface area contributed by atoms with Gasteiger partial charge in [0.25, 0.3) is 15.9 Å². The number of carbonyl (C=O) groups is 1. The third-order valence-electron chi connectivity index (χ3n) is 6.46. The van der Waals surface area contributed by atoms with Gasteiger partial charge in [0.1, 0.15) is 10.8 Å². The summed E-state index contributed by atoms with van der Waals surface area (Å²) in [5.74, 6) is -0.604. The average molecular weight is 583 g/mol. The van der Waals surface area contributed by atoms with E-state index in [2.05, 4.69) is 20.2 Å². The summed E-state index contributed by atoms with van der Waals surface area (Å²) in [6.07, 6.45) is -2.28. The second kappa shape index (κ2) is 11.5. The Labute approximate surface area is 229 Å². The molecule has 210 valence electrons. The van der Waals surface area contributed by atoms with Gasteiger partial charge in [-0.3, -0.25) is 9.52 Å². The van der Waals surface area contributed by atoms with Crippen molar-refractivity contribution in [1.82, 2.24) is 15.5 Å². The molecule has 2 aromatic carbocycles. The SMILES string of the molecule is CCOc1cc(C(F)(F)F)ccc1C(=O)NC1CCC[C@H]1c1ccc(S(=O)(=O)Nc2nnc(C(C)C)s2)cc1. The van der Waals surface area contributed by atoms with Gasteiger partial charge < -0.3 is 10.1 Å². The molecule has 13 heteroatoms. The number of ether oxygens (including phenoxy) is 1. The van der Waals surface area contributed by atoms with E-state index in [1.54, 1.807) is 19.1 Å². The molecule has 2 atom stereocenters. The molecule has 1 unspecified atom stereocenters. The van der Waals surface area contributed by atoms with Crippen LogP contribution in [0.4, 0.5) is 18.3 Å². The van der Waals surface area contributed by atoms with Crippen molar-refractivity contribution < 1.29 is 31.1 Å². The van der Waals surface area contributed by atoms with E-state index >= 15 is 0 Å². The number of anilines is 1. The number of rotatable bonds is 9. The van der Waals surface area contributed by atoms with E-state index in [0.29, 0.717) is 6.42 Å². The fraction of sp³-hybridized carbons (Fsp3) is 0.423. The van der Waals surface area contributed by atoms with Crippen molar-refractivity contribution >= 4 is 32.4 Å². The van der Waals surface area contributed by atoms with Gasteiger partial charge in [0, 0.05) is 17.9 Å². The molecule has 1 aliphatic carbocycles. The van der Waals surface area contributed by atoms with Gasteiger partial charge in [-0.2, -0.15) is 13.2 Å². The van der Waals surface area contributed by atoms with Crippen LogP contribution in [0.1, 0.15) is 78.4 Å². The van der Waals surface area contributed by atoms with Crippen LogP contribution in [0.2, 0.25) is 0 Å². The standard InChI is InChI=1S/C26H29F3N4O4S2/c1-4-37-22-14-17(26(27,28)29)10-13-20(22)23(34)30-21-7-5-6-19(21)16-8-11-18(12-9-16)39(35,36)33-25-32-31-24(38-25)15(2)3/h8-15,19,21H,4-7H2,1-3H3,(H,30,34)(H,32,33)/t19-,21?/m0/s1. The summed E-state index contributed by atoms with van der Waals surface area (Å²) in [4.78, 5) is 13.1. The van der Waals surface area contributed by atoms with Crippen molar-refractivity contribution in [3.05, 3.63) is 64.2 Å². The highest BCUT2D eigenvalue weighted by molar-refractivity contribution is 7.93. The molecule has 8 nitrogen and oxygen atoms in total. The van der Waals surface area contributed by atoms with Gasteiger partial charge in [-0.1, -0.05) is 43.7 Å². The molecule has 3 aromatic rings. The van der Waals surface area contributed by atoms with Gasteiger partial charge in [-0.15, -0.1) is 10.2 Å². The van der Waals surface area contributed by atoms with E-state index in [1.807, 2.05) is 13.8 Å². The summed E-state index contributed by atoms with van der Waals surface area (Å²) in [7, 11) is -3.86. The Morgan fingerprint density at radius 2 is 1.85 bits per heavy atom. The van der Waals surface area contributed by atoms with E-state index in [4.69, 9.17) is 4.74 Å². The van der Waals surface area contributed by atoms with Crippen molar-refractivity contribution in [3.63, 3.8) is 0 Å². The van der Waals surface area contributed by atoms with Crippen LogP contribution in [0, 0.1) is 0 Å². The molecule has 0 spiro atoms. The summed E-state index contributed by atoms with van der Waals surface area (Å²) in [6.45, 7) is 5.62. The molecule has 2 N–H and O–H groups in total. The molecule has 0 saturated heterocycles. The second-order valence-electron chi connectivity index (χ2n) is 9.53. The molecular weight excluding hydrogens is 553 g/mol. The summed E-state index contributed by atoms with van der Waals surface area (Å²) in [5, 5.41) is 11.8. The Bertz CT molecular complexity index is 1420. The predicted molar refractivity (Wildman–Crippen MR) is 142 cm³/mol. The lowest BCUT2D eigenvalue weighted by Crippen LogP contribution is -2.36. The van der Waals surface area contributed by atoms with E-state index in [0.717, 1.165) is 41.6 Å². The molecule has 0 radical (unpaired) electrons. The number of nitrogens with one attached hydrogen (secondary N) is 2. The third-order valence-corrected chi connectivity index (χ3v) is 9.08. The number of sulfonamides is 1. The van der Waals surface area contributed by atoms with Crippen LogP contribution in [-0.4, -0.2) is 37.2 Å². The molecule has 0 aliphatic heterocycles. The minimum atomic E-state index is -4.55. The monoisotopic (exact) mass is 582 g/mol. The van der Waals surface area contributed by atoms with Gasteiger partial charge in [-0.05, 0) is 55.7 Å². The zero-order chi connectivity index (χ0) is 28.4. The van der Waals surface area contributed by atoms with Crippen LogP contribution < -0.4 is 14.8 Å². The normalized spacial score (nSPS) is 17.8. The topological polar surface area (TPSA) is 110 Å². The summed E-state index contributed by atoms with van der Waals surface area (Å²) < 4.78 is 72.9. The van der Waals surface area contributed by atoms with Crippen LogP contribution in [-0.2, 0) is 16.2 Å². The fourth-order valence-corrected chi connectivity index (χ4v) is 6.49. The number of amides is 1. The molecule has 0 bridgehead atoms. The number of aromatic nitrogens is 2. The first kappa shape index (κ1) is 28.8. The Hall–Kier alpha value is -3.19. The Balaban J connectivity index is 1.48. The van der Waals surface area contributed by atoms with Crippen molar-refractivity contribution in [2.24, 2.45) is 0 Å². The molecule has 4 rings (SSSR count). The maximum Gasteiger partial charge on any atom is 0.416 e. The number of halogens is 3. The molecule has 39 heavy (non-hydrogen) atoms. The minimum absolute atomic E-state index is 0.0281. The van der Waals surface area contributed by atoms with E-state index in [9.17, 15) is 26.4 Å². The molecule has 1 aliphatic rings. The molecule has 1 amide bonds. The highest BCUT2D eigenvalue weighted by atomic mass is 32.2. The molecule has 1 heterocycles. The number of benzene rings is 2. The maximum absolute atomic E-state index is 13.1. The minimum Gasteiger partial charge on any atom is -0.493 e. The highest BCUT2D eigenvalue weighted by Gasteiger charge is 2.34. The molecular formula is C26H29F3N4O4S2. The average Bonchev–Trinajstić information content (AvgIpc) is 3.53. The van der Waals surface area contributed by atoms with Crippen molar-refractivity contribution in [1.29, 1.82) is 0 Å². The Morgan fingerprint density at radius 3 is 2.46 bits per heavy atom. The van der Waals surface area contributed by atoms with Crippen LogP contribution >= 0.6 is 11.3 Å². The number of nitrogens with zero attached hydrogens (tertiary/aromatic N) is 2. The van der Waals surface area contributed by atoms with Gasteiger partial charge in [0.15, 0.2) is 0 Å². The maximum atomic E-state index is 13.1. The van der Waals surface area contributed by atoms with Crippen molar-refractivity contribution in [3.8, 4) is 5.75 Å². The van der Waals surface area contributed by atoms with Crippen molar-refractivity contribution in [2.45, 2.75) is 69.0 Å². The smallest absolute Gasteiger partial charge is 0.416 e. The Morgan fingerprint density at radius 1 is 1.13 bits per heavy atom. The van der Waals surface area contributed by atoms with Crippen molar-refractivity contribution in [2.75, 3.05) is 11.3 Å². The Kier molecular flexibility index (Phi) is 8.50. The molecule has 1 aromatic heterocycles. The van der Waals surface area contributed by atoms with Gasteiger partial charge in [0.2, 0.25) is 5.13 Å². The van der Waals surface area contributed by atoms with Crippen LogP contribution in [0.5, 0.6) is 5.75 Å². The number of hydrogen-bond donors (Lipinski definition) is 2. The lowest BCUT2D eigenvalue weighted by molar-refractivity contribution is -0.137. The van der Waals surface area contributed by atoms with Gasteiger partial charge in [0.05, 0.1) is 22.6 Å². The fourth-order valence-electron chi connectivity index (χ4n) is 4.52. The highest BCUT2D eigenvalue weighted by Crippen LogP contribution is 2.37. The predicted octanol–water partition coefficient (Wildman–Crippen LogP) is 5.95. The lowest BCUT2D eigenvalue weighted by atomic mass is 9.94. The zero-order valence-electron chi connectivity index (χ0n) is 21.6. The summed E-state index contributed by atoms with van der Waals surface area (Å²) in [6, 6.07) is 8.99. The first-order valence-electron chi connectivity index (χ1n) is 12.5. The summed E-state index contributed by atoms with van der Waals surface area (Å²) >= 11 is 1.18. The largest absolute Gasteiger partial charge is 0.493 e. The molecule has 1 saturated carbocycles. The first-order valence-corrected chi connectivity index (χ1v) is 14.8. The van der Waals surface area contributed by atoms with Crippen LogP contribution in [0.25, 0.3) is 0 Å². The third kappa shape index (κ3) is 6.70. The summed E-state index contributed by atoms with van der Waals surface area (Å²) in [5.41, 5.74) is -0.00946. The van der Waals surface area contributed by atoms with E-state index in [1.165, 1.54) is 23.5 Å². The molecule has 1 fully saturated rings. The van der Waals surface area contributed by atoms with E-state index < -0.39 is 27.7 Å². The van der Waals surface area contributed by atoms with Gasteiger partial charge in [-0.25, -0.2) is 8.42 Å². The van der Waals surface area contributed by atoms with Crippen LogP contribution in [0.3, 0.4) is 0 Å². The number of alkyl halides is 3. The van der Waals surface area contributed by atoms with E-state index in [-0.39, 0.29) is 45.8 Å².